The van der Waals surface area contributed by atoms with E-state index in [9.17, 15) is 13.2 Å². The Morgan fingerprint density at radius 2 is 1.73 bits per heavy atom. The molecule has 2 aromatic rings. The molecule has 0 unspecified atom stereocenters. The first-order chi connectivity index (χ1) is 14.4. The van der Waals surface area contributed by atoms with E-state index in [4.69, 9.17) is 0 Å². The fourth-order valence-electron chi connectivity index (χ4n) is 3.71. The van der Waals surface area contributed by atoms with E-state index in [2.05, 4.69) is 14.9 Å². The van der Waals surface area contributed by atoms with Crippen molar-refractivity contribution in [3.8, 4) is 0 Å². The SMILES string of the molecule is Cc1ccccc1NS(=O)(=O)c1cc(C(=O)NCCCN2CCCCC2)ccc1C. The molecule has 1 amide bonds. The van der Waals surface area contributed by atoms with Crippen LogP contribution >= 0.6 is 0 Å². The Kier molecular flexibility index (Phi) is 7.50. The minimum Gasteiger partial charge on any atom is -0.352 e. The molecular formula is C23H31N3O3S. The highest BCUT2D eigenvalue weighted by Gasteiger charge is 2.20. The van der Waals surface area contributed by atoms with Crippen molar-refractivity contribution >= 4 is 21.6 Å². The van der Waals surface area contributed by atoms with Crippen LogP contribution in [-0.2, 0) is 10.0 Å². The minimum absolute atomic E-state index is 0.117. The van der Waals surface area contributed by atoms with E-state index >= 15 is 0 Å². The number of benzene rings is 2. The molecule has 30 heavy (non-hydrogen) atoms. The Labute approximate surface area is 179 Å². The largest absolute Gasteiger partial charge is 0.352 e. The van der Waals surface area contributed by atoms with Gasteiger partial charge in [-0.1, -0.05) is 30.7 Å². The Morgan fingerprint density at radius 1 is 1.00 bits per heavy atom. The summed E-state index contributed by atoms with van der Waals surface area (Å²) in [6.45, 7) is 7.41. The molecule has 0 spiro atoms. The van der Waals surface area contributed by atoms with Gasteiger partial charge in [0.2, 0.25) is 0 Å². The van der Waals surface area contributed by atoms with Crippen molar-refractivity contribution in [1.82, 2.24) is 10.2 Å². The van der Waals surface area contributed by atoms with Gasteiger partial charge in [-0.3, -0.25) is 9.52 Å². The van der Waals surface area contributed by atoms with Gasteiger partial charge in [-0.15, -0.1) is 0 Å². The van der Waals surface area contributed by atoms with Crippen LogP contribution in [0.2, 0.25) is 0 Å². The summed E-state index contributed by atoms with van der Waals surface area (Å²) in [7, 11) is -3.80. The van der Waals surface area contributed by atoms with E-state index in [1.54, 1.807) is 31.2 Å². The Balaban J connectivity index is 1.63. The quantitative estimate of drug-likeness (QED) is 0.627. The molecule has 1 saturated heterocycles. The van der Waals surface area contributed by atoms with Crippen LogP contribution in [0.4, 0.5) is 5.69 Å². The summed E-state index contributed by atoms with van der Waals surface area (Å²) in [6.07, 6.45) is 4.70. The number of sulfonamides is 1. The van der Waals surface area contributed by atoms with E-state index in [1.807, 2.05) is 19.1 Å². The zero-order chi connectivity index (χ0) is 21.6. The average Bonchev–Trinajstić information content (AvgIpc) is 2.73. The minimum atomic E-state index is -3.80. The molecule has 0 radical (unpaired) electrons. The fourth-order valence-corrected chi connectivity index (χ4v) is 5.11. The third-order valence-electron chi connectivity index (χ3n) is 5.51. The van der Waals surface area contributed by atoms with Gasteiger partial charge in [0.25, 0.3) is 15.9 Å². The summed E-state index contributed by atoms with van der Waals surface area (Å²) in [5, 5.41) is 2.91. The number of carbonyl (C=O) groups excluding carboxylic acids is 1. The van der Waals surface area contributed by atoms with Gasteiger partial charge in [0.05, 0.1) is 10.6 Å². The number of hydrogen-bond donors (Lipinski definition) is 2. The molecule has 0 saturated carbocycles. The summed E-state index contributed by atoms with van der Waals surface area (Å²) in [5.74, 6) is -0.249. The summed E-state index contributed by atoms with van der Waals surface area (Å²) in [5.41, 5.74) is 2.31. The molecule has 162 valence electrons. The smallest absolute Gasteiger partial charge is 0.262 e. The highest BCUT2D eigenvalue weighted by molar-refractivity contribution is 7.92. The first kappa shape index (κ1) is 22.3. The van der Waals surface area contributed by atoms with Gasteiger partial charge < -0.3 is 10.2 Å². The molecule has 0 atom stereocenters. The predicted octanol–water partition coefficient (Wildman–Crippen LogP) is 3.71. The number of para-hydroxylation sites is 1. The van der Waals surface area contributed by atoms with Gasteiger partial charge >= 0.3 is 0 Å². The zero-order valence-electron chi connectivity index (χ0n) is 17.8. The van der Waals surface area contributed by atoms with Crippen LogP contribution in [0.15, 0.2) is 47.4 Å². The molecule has 1 heterocycles. The Morgan fingerprint density at radius 3 is 2.47 bits per heavy atom. The number of anilines is 1. The lowest BCUT2D eigenvalue weighted by Gasteiger charge is -2.26. The number of hydrogen-bond acceptors (Lipinski definition) is 4. The number of likely N-dealkylation sites (tertiary alicyclic amines) is 1. The molecular weight excluding hydrogens is 398 g/mol. The average molecular weight is 430 g/mol. The van der Waals surface area contributed by atoms with Crippen LogP contribution in [0.3, 0.4) is 0 Å². The van der Waals surface area contributed by atoms with Crippen LogP contribution in [0.5, 0.6) is 0 Å². The van der Waals surface area contributed by atoms with Gasteiger partial charge in [0.1, 0.15) is 0 Å². The van der Waals surface area contributed by atoms with Crippen molar-refractivity contribution in [2.75, 3.05) is 30.9 Å². The van der Waals surface area contributed by atoms with Gasteiger partial charge in [0, 0.05) is 12.1 Å². The lowest BCUT2D eigenvalue weighted by molar-refractivity contribution is 0.0951. The zero-order valence-corrected chi connectivity index (χ0v) is 18.6. The van der Waals surface area contributed by atoms with E-state index < -0.39 is 10.0 Å². The topological polar surface area (TPSA) is 78.5 Å². The predicted molar refractivity (Wildman–Crippen MR) is 120 cm³/mol. The van der Waals surface area contributed by atoms with Crippen LogP contribution in [0.25, 0.3) is 0 Å². The lowest BCUT2D eigenvalue weighted by Crippen LogP contribution is -2.33. The van der Waals surface area contributed by atoms with Gasteiger partial charge in [0.15, 0.2) is 0 Å². The van der Waals surface area contributed by atoms with Crippen molar-refractivity contribution in [2.45, 2.75) is 44.4 Å². The monoisotopic (exact) mass is 429 g/mol. The third kappa shape index (κ3) is 5.83. The molecule has 2 aromatic carbocycles. The van der Waals surface area contributed by atoms with Crippen LogP contribution in [0, 0.1) is 13.8 Å². The lowest BCUT2D eigenvalue weighted by atomic mass is 10.1. The fraction of sp³-hybridized carbons (Fsp3) is 0.435. The van der Waals surface area contributed by atoms with Crippen molar-refractivity contribution in [3.05, 3.63) is 59.2 Å². The number of carbonyl (C=O) groups is 1. The summed E-state index contributed by atoms with van der Waals surface area (Å²) < 4.78 is 28.5. The summed E-state index contributed by atoms with van der Waals surface area (Å²) in [6, 6.07) is 12.0. The molecule has 0 aliphatic carbocycles. The van der Waals surface area contributed by atoms with Crippen molar-refractivity contribution < 1.29 is 13.2 Å². The van der Waals surface area contributed by atoms with E-state index in [-0.39, 0.29) is 10.8 Å². The van der Waals surface area contributed by atoms with E-state index in [0.717, 1.165) is 31.6 Å². The summed E-state index contributed by atoms with van der Waals surface area (Å²) in [4.78, 5) is 15.1. The van der Waals surface area contributed by atoms with Crippen LogP contribution in [-0.4, -0.2) is 45.4 Å². The number of nitrogens with one attached hydrogen (secondary N) is 2. The number of nitrogens with zero attached hydrogens (tertiary/aromatic N) is 1. The third-order valence-corrected chi connectivity index (χ3v) is 7.02. The molecule has 1 aliphatic rings. The van der Waals surface area contributed by atoms with E-state index in [0.29, 0.717) is 23.4 Å². The summed E-state index contributed by atoms with van der Waals surface area (Å²) >= 11 is 0. The normalized spacial score (nSPS) is 15.0. The maximum Gasteiger partial charge on any atom is 0.262 e. The molecule has 1 aliphatic heterocycles. The Bertz CT molecular complexity index is 983. The number of piperidine rings is 1. The second-order valence-electron chi connectivity index (χ2n) is 7.91. The highest BCUT2D eigenvalue weighted by atomic mass is 32.2. The molecule has 1 fully saturated rings. The number of aryl methyl sites for hydroxylation is 2. The van der Waals surface area contributed by atoms with Crippen LogP contribution in [0.1, 0.15) is 47.2 Å². The van der Waals surface area contributed by atoms with Gasteiger partial charge in [-0.25, -0.2) is 8.42 Å². The number of rotatable bonds is 8. The van der Waals surface area contributed by atoms with Gasteiger partial charge in [-0.2, -0.15) is 0 Å². The maximum atomic E-state index is 12.9. The van der Waals surface area contributed by atoms with Crippen molar-refractivity contribution in [1.29, 1.82) is 0 Å². The first-order valence-corrected chi connectivity index (χ1v) is 12.0. The molecule has 6 nitrogen and oxygen atoms in total. The molecule has 3 rings (SSSR count). The standard InChI is InChI=1S/C23H31N3O3S/c1-18-9-4-5-10-21(18)25-30(28,29)22-17-20(12-11-19(22)2)23(27)24-13-8-16-26-14-6-3-7-15-26/h4-5,9-12,17,25H,3,6-8,13-16H2,1-2H3,(H,24,27). The second-order valence-corrected chi connectivity index (χ2v) is 9.56. The van der Waals surface area contributed by atoms with E-state index in [1.165, 1.54) is 25.3 Å². The van der Waals surface area contributed by atoms with Crippen molar-refractivity contribution in [3.63, 3.8) is 0 Å². The Hall–Kier alpha value is -2.38. The van der Waals surface area contributed by atoms with Crippen molar-refractivity contribution in [2.24, 2.45) is 0 Å². The molecule has 7 heteroatoms. The maximum absolute atomic E-state index is 12.9. The van der Waals surface area contributed by atoms with Gasteiger partial charge in [-0.05, 0) is 82.1 Å². The first-order valence-electron chi connectivity index (χ1n) is 10.6. The number of amides is 1. The molecule has 2 N–H and O–H groups in total. The van der Waals surface area contributed by atoms with Crippen LogP contribution < -0.4 is 10.0 Å². The second kappa shape index (κ2) is 10.1. The molecule has 0 bridgehead atoms. The molecule has 0 aromatic heterocycles. The highest BCUT2D eigenvalue weighted by Crippen LogP contribution is 2.22.